The molecule has 0 unspecified atom stereocenters. The van der Waals surface area contributed by atoms with Crippen molar-refractivity contribution in [1.82, 2.24) is 9.55 Å². The van der Waals surface area contributed by atoms with Crippen LogP contribution in [0.5, 0.6) is 0 Å². The van der Waals surface area contributed by atoms with Crippen LogP contribution in [0.15, 0.2) is 45.9 Å². The Morgan fingerprint density at radius 1 is 1.37 bits per heavy atom. The maximum absolute atomic E-state index is 11.5. The van der Waals surface area contributed by atoms with Crippen LogP contribution in [0.1, 0.15) is 5.56 Å². The second-order valence-electron chi connectivity index (χ2n) is 4.30. The molecule has 0 saturated heterocycles. The summed E-state index contributed by atoms with van der Waals surface area (Å²) >= 11 is 0. The Balaban J connectivity index is 2.25. The molecule has 3 rings (SSSR count). The maximum atomic E-state index is 11.5. The number of hydrogen-bond donors (Lipinski definition) is 1. The standard InChI is InChI=1S/C14H12N2O3/c1-16-12-6-9(2-3-13(12)19-14(16)18)11-7-15-5-4-10(11)8-17/h2-7,17H,8H2,1H3. The van der Waals surface area contributed by atoms with Crippen LogP contribution >= 0.6 is 0 Å². The van der Waals surface area contributed by atoms with E-state index < -0.39 is 0 Å². The Kier molecular flexibility index (Phi) is 2.68. The van der Waals surface area contributed by atoms with E-state index in [1.54, 1.807) is 31.6 Å². The molecular formula is C14H12N2O3. The van der Waals surface area contributed by atoms with Crippen LogP contribution in [-0.4, -0.2) is 14.7 Å². The lowest BCUT2D eigenvalue weighted by molar-refractivity contribution is 0.282. The number of nitrogens with zero attached hydrogens (tertiary/aromatic N) is 2. The van der Waals surface area contributed by atoms with Crippen LogP contribution < -0.4 is 5.76 Å². The summed E-state index contributed by atoms with van der Waals surface area (Å²) < 4.78 is 6.54. The molecule has 2 heterocycles. The Hall–Kier alpha value is -2.40. The van der Waals surface area contributed by atoms with Crippen LogP contribution in [0.25, 0.3) is 22.2 Å². The molecule has 0 bridgehead atoms. The Morgan fingerprint density at radius 2 is 2.21 bits per heavy atom. The third-order valence-corrected chi connectivity index (χ3v) is 3.18. The first kappa shape index (κ1) is 11.7. The zero-order valence-corrected chi connectivity index (χ0v) is 10.3. The number of aryl methyl sites for hydroxylation is 1. The number of aliphatic hydroxyl groups excluding tert-OH is 1. The van der Waals surface area contributed by atoms with Gasteiger partial charge in [-0.3, -0.25) is 9.55 Å². The van der Waals surface area contributed by atoms with Crippen LogP contribution in [0.3, 0.4) is 0 Å². The van der Waals surface area contributed by atoms with E-state index in [4.69, 9.17) is 4.42 Å². The Morgan fingerprint density at radius 3 is 3.00 bits per heavy atom. The largest absolute Gasteiger partial charge is 0.419 e. The van der Waals surface area contributed by atoms with Crippen molar-refractivity contribution in [3.8, 4) is 11.1 Å². The molecule has 0 aliphatic rings. The van der Waals surface area contributed by atoms with Crippen LogP contribution in [0.4, 0.5) is 0 Å². The highest BCUT2D eigenvalue weighted by Gasteiger charge is 2.09. The average molecular weight is 256 g/mol. The molecule has 0 amide bonds. The van der Waals surface area contributed by atoms with E-state index >= 15 is 0 Å². The summed E-state index contributed by atoms with van der Waals surface area (Å²) in [5.74, 6) is -0.388. The van der Waals surface area contributed by atoms with E-state index in [1.165, 1.54) is 4.57 Å². The lowest BCUT2D eigenvalue weighted by Crippen LogP contribution is -2.08. The molecule has 3 aromatic rings. The maximum Gasteiger partial charge on any atom is 0.419 e. The SMILES string of the molecule is Cn1c(=O)oc2ccc(-c3cnccc3CO)cc21. The van der Waals surface area contributed by atoms with Gasteiger partial charge >= 0.3 is 5.76 Å². The van der Waals surface area contributed by atoms with Crippen molar-refractivity contribution in [1.29, 1.82) is 0 Å². The smallest absolute Gasteiger partial charge is 0.408 e. The first-order chi connectivity index (χ1) is 9.20. The molecule has 5 nitrogen and oxygen atoms in total. The molecule has 1 N–H and O–H groups in total. The van der Waals surface area contributed by atoms with Gasteiger partial charge in [-0.25, -0.2) is 4.79 Å². The zero-order chi connectivity index (χ0) is 13.4. The molecule has 0 radical (unpaired) electrons. The molecule has 2 aromatic heterocycles. The zero-order valence-electron chi connectivity index (χ0n) is 10.3. The summed E-state index contributed by atoms with van der Waals surface area (Å²) in [5, 5.41) is 9.35. The predicted octanol–water partition coefficient (Wildman–Crippen LogP) is 1.69. The number of hydrogen-bond acceptors (Lipinski definition) is 4. The van der Waals surface area contributed by atoms with Gasteiger partial charge in [-0.15, -0.1) is 0 Å². The summed E-state index contributed by atoms with van der Waals surface area (Å²) in [6.07, 6.45) is 3.34. The van der Waals surface area contributed by atoms with Gasteiger partial charge in [0.15, 0.2) is 5.58 Å². The topological polar surface area (TPSA) is 68.3 Å². The second kappa shape index (κ2) is 4.37. The molecular weight excluding hydrogens is 244 g/mol. The molecule has 96 valence electrons. The molecule has 0 aliphatic carbocycles. The quantitative estimate of drug-likeness (QED) is 0.757. The third kappa shape index (κ3) is 1.84. The number of oxazole rings is 1. The van der Waals surface area contributed by atoms with Gasteiger partial charge in [0.25, 0.3) is 0 Å². The summed E-state index contributed by atoms with van der Waals surface area (Å²) in [6, 6.07) is 7.23. The van der Waals surface area contributed by atoms with E-state index in [1.807, 2.05) is 12.1 Å². The second-order valence-corrected chi connectivity index (χ2v) is 4.30. The van der Waals surface area contributed by atoms with E-state index in [0.29, 0.717) is 5.58 Å². The Labute approximate surface area is 108 Å². The van der Waals surface area contributed by atoms with Crippen molar-refractivity contribution in [3.05, 3.63) is 52.8 Å². The third-order valence-electron chi connectivity index (χ3n) is 3.18. The van der Waals surface area contributed by atoms with Crippen molar-refractivity contribution in [3.63, 3.8) is 0 Å². The molecule has 19 heavy (non-hydrogen) atoms. The van der Waals surface area contributed by atoms with Gasteiger partial charge in [0.2, 0.25) is 0 Å². The van der Waals surface area contributed by atoms with E-state index in [2.05, 4.69) is 4.98 Å². The molecule has 5 heteroatoms. The van der Waals surface area contributed by atoms with Crippen LogP contribution in [-0.2, 0) is 13.7 Å². The highest BCUT2D eigenvalue weighted by molar-refractivity contribution is 5.81. The van der Waals surface area contributed by atoms with Crippen LogP contribution in [0.2, 0.25) is 0 Å². The fraction of sp³-hybridized carbons (Fsp3) is 0.143. The van der Waals surface area contributed by atoms with Gasteiger partial charge in [0.1, 0.15) is 0 Å². The minimum Gasteiger partial charge on any atom is -0.408 e. The van der Waals surface area contributed by atoms with Gasteiger partial charge < -0.3 is 9.52 Å². The molecule has 0 fully saturated rings. The van der Waals surface area contributed by atoms with Crippen molar-refractivity contribution < 1.29 is 9.52 Å². The first-order valence-corrected chi connectivity index (χ1v) is 5.84. The molecule has 0 atom stereocenters. The normalized spacial score (nSPS) is 11.1. The number of aromatic nitrogens is 2. The minimum atomic E-state index is -0.388. The van der Waals surface area contributed by atoms with E-state index in [-0.39, 0.29) is 12.4 Å². The fourth-order valence-corrected chi connectivity index (χ4v) is 2.12. The fourth-order valence-electron chi connectivity index (χ4n) is 2.12. The van der Waals surface area contributed by atoms with Crippen molar-refractivity contribution in [2.45, 2.75) is 6.61 Å². The average Bonchev–Trinajstić information content (AvgIpc) is 2.74. The van der Waals surface area contributed by atoms with Crippen molar-refractivity contribution >= 4 is 11.1 Å². The summed E-state index contributed by atoms with van der Waals surface area (Å²) in [6.45, 7) is -0.0553. The summed E-state index contributed by atoms with van der Waals surface area (Å²) in [4.78, 5) is 15.5. The number of aliphatic hydroxyl groups is 1. The summed E-state index contributed by atoms with van der Waals surface area (Å²) in [7, 11) is 1.66. The van der Waals surface area contributed by atoms with Crippen molar-refractivity contribution in [2.75, 3.05) is 0 Å². The lowest BCUT2D eigenvalue weighted by Gasteiger charge is -2.06. The minimum absolute atomic E-state index is 0.0553. The lowest BCUT2D eigenvalue weighted by atomic mass is 10.0. The van der Waals surface area contributed by atoms with E-state index in [0.717, 1.165) is 22.2 Å². The highest BCUT2D eigenvalue weighted by Crippen LogP contribution is 2.26. The number of rotatable bonds is 2. The van der Waals surface area contributed by atoms with Crippen molar-refractivity contribution in [2.24, 2.45) is 7.05 Å². The molecule has 0 aliphatic heterocycles. The monoisotopic (exact) mass is 256 g/mol. The van der Waals surface area contributed by atoms with Gasteiger partial charge in [-0.1, -0.05) is 6.07 Å². The first-order valence-electron chi connectivity index (χ1n) is 5.84. The van der Waals surface area contributed by atoms with E-state index in [9.17, 15) is 9.90 Å². The number of benzene rings is 1. The number of pyridine rings is 1. The highest BCUT2D eigenvalue weighted by atomic mass is 16.4. The van der Waals surface area contributed by atoms with Gasteiger partial charge in [-0.2, -0.15) is 0 Å². The molecule has 1 aromatic carbocycles. The van der Waals surface area contributed by atoms with Gasteiger partial charge in [0.05, 0.1) is 12.1 Å². The predicted molar refractivity (Wildman–Crippen MR) is 70.6 cm³/mol. The Bertz CT molecular complexity index is 802. The van der Waals surface area contributed by atoms with Crippen LogP contribution in [0, 0.1) is 0 Å². The summed E-state index contributed by atoms with van der Waals surface area (Å²) in [5.41, 5.74) is 3.80. The number of fused-ring (bicyclic) bond motifs is 1. The molecule has 0 saturated carbocycles. The van der Waals surface area contributed by atoms with Gasteiger partial charge in [-0.05, 0) is 29.3 Å². The van der Waals surface area contributed by atoms with Gasteiger partial charge in [0, 0.05) is 25.0 Å². The molecule has 0 spiro atoms.